The minimum atomic E-state index is -0.174. The molecule has 0 saturated heterocycles. The Morgan fingerprint density at radius 1 is 1.27 bits per heavy atom. The van der Waals surface area contributed by atoms with Gasteiger partial charge >= 0.3 is 0 Å². The van der Waals surface area contributed by atoms with Gasteiger partial charge in [0.15, 0.2) is 0 Å². The average Bonchev–Trinajstić information content (AvgIpc) is 3.24. The van der Waals surface area contributed by atoms with Crippen LogP contribution in [-0.4, -0.2) is 15.6 Å². The minimum Gasteiger partial charge on any atom is -0.486 e. The number of ether oxygens (including phenoxy) is 1. The van der Waals surface area contributed by atoms with Crippen LogP contribution in [0, 0.1) is 13.8 Å². The number of hydrogen-bond donors (Lipinski definition) is 0. The molecule has 0 atom stereocenters. The van der Waals surface area contributed by atoms with Gasteiger partial charge in [0.1, 0.15) is 29.6 Å². The second-order valence-corrected chi connectivity index (χ2v) is 6.41. The Kier molecular flexibility index (Phi) is 5.28. The Morgan fingerprint density at radius 3 is 2.65 bits per heavy atom. The van der Waals surface area contributed by atoms with E-state index in [1.807, 2.05) is 32.0 Å². The van der Waals surface area contributed by atoms with Crippen molar-refractivity contribution in [3.8, 4) is 5.75 Å². The van der Waals surface area contributed by atoms with Crippen LogP contribution in [0.15, 0.2) is 47.0 Å². The highest BCUT2D eigenvalue weighted by atomic mass is 35.5. The molecule has 134 valence electrons. The number of rotatable bonds is 6. The number of aryl methyl sites for hydroxylation is 3. The summed E-state index contributed by atoms with van der Waals surface area (Å²) in [5.41, 5.74) is 2.34. The maximum Gasteiger partial charge on any atom is 0.206 e. The van der Waals surface area contributed by atoms with Crippen molar-refractivity contribution in [2.45, 2.75) is 20.5 Å². The predicted molar refractivity (Wildman–Crippen MR) is 101 cm³/mol. The summed E-state index contributed by atoms with van der Waals surface area (Å²) in [5.74, 6) is 1.81. The molecule has 3 aromatic rings. The van der Waals surface area contributed by atoms with Crippen LogP contribution in [0.5, 0.6) is 5.75 Å². The topological polar surface area (TPSA) is 57.3 Å². The number of aromatic nitrogens is 2. The fourth-order valence-electron chi connectivity index (χ4n) is 2.50. The zero-order valence-electron chi connectivity index (χ0n) is 14.8. The molecule has 5 nitrogen and oxygen atoms in total. The van der Waals surface area contributed by atoms with Gasteiger partial charge in [-0.25, -0.2) is 0 Å². The van der Waals surface area contributed by atoms with Gasteiger partial charge in [0.2, 0.25) is 5.78 Å². The van der Waals surface area contributed by atoms with Gasteiger partial charge in [-0.3, -0.25) is 9.48 Å². The number of ketones is 1. The second-order valence-electron chi connectivity index (χ2n) is 6.04. The lowest BCUT2D eigenvalue weighted by Crippen LogP contribution is -1.97. The van der Waals surface area contributed by atoms with Gasteiger partial charge in [-0.1, -0.05) is 11.6 Å². The lowest BCUT2D eigenvalue weighted by Gasteiger charge is -2.08. The monoisotopic (exact) mass is 370 g/mol. The van der Waals surface area contributed by atoms with Crippen molar-refractivity contribution in [2.75, 3.05) is 0 Å². The quantitative estimate of drug-likeness (QED) is 0.463. The van der Waals surface area contributed by atoms with Gasteiger partial charge in [-0.15, -0.1) is 0 Å². The summed E-state index contributed by atoms with van der Waals surface area (Å²) >= 11 is 6.16. The van der Waals surface area contributed by atoms with E-state index in [4.69, 9.17) is 20.8 Å². The van der Waals surface area contributed by atoms with Crippen molar-refractivity contribution in [1.82, 2.24) is 9.78 Å². The number of furan rings is 1. The summed E-state index contributed by atoms with van der Waals surface area (Å²) in [6, 6.07) is 9.07. The first-order valence-corrected chi connectivity index (χ1v) is 8.50. The summed E-state index contributed by atoms with van der Waals surface area (Å²) in [5, 5.41) is 4.82. The van der Waals surface area contributed by atoms with Gasteiger partial charge in [0.25, 0.3) is 0 Å². The number of carbonyl (C=O) groups excluding carboxylic acids is 1. The first kappa shape index (κ1) is 18.0. The normalized spacial score (nSPS) is 11.2. The van der Waals surface area contributed by atoms with E-state index in [-0.39, 0.29) is 5.78 Å². The molecule has 3 rings (SSSR count). The van der Waals surface area contributed by atoms with E-state index in [2.05, 4.69) is 5.10 Å². The molecule has 0 aliphatic carbocycles. The van der Waals surface area contributed by atoms with Gasteiger partial charge in [-0.05, 0) is 67.5 Å². The molecule has 1 aromatic carbocycles. The summed E-state index contributed by atoms with van der Waals surface area (Å²) < 4.78 is 13.0. The molecule has 26 heavy (non-hydrogen) atoms. The smallest absolute Gasteiger partial charge is 0.206 e. The predicted octanol–water partition coefficient (Wildman–Crippen LogP) is 4.76. The molecule has 0 fully saturated rings. The molecule has 2 aromatic heterocycles. The summed E-state index contributed by atoms with van der Waals surface area (Å²) in [6.45, 7) is 4.18. The van der Waals surface area contributed by atoms with E-state index in [0.29, 0.717) is 23.8 Å². The molecule has 2 heterocycles. The molecule has 0 aliphatic heterocycles. The van der Waals surface area contributed by atoms with Gasteiger partial charge in [-0.2, -0.15) is 5.10 Å². The Balaban J connectivity index is 1.61. The van der Waals surface area contributed by atoms with Crippen LogP contribution in [0.1, 0.15) is 33.1 Å². The molecule has 0 N–H and O–H groups in total. The molecule has 6 heteroatoms. The second kappa shape index (κ2) is 7.62. The van der Waals surface area contributed by atoms with E-state index in [0.717, 1.165) is 21.9 Å². The van der Waals surface area contributed by atoms with Crippen LogP contribution in [0.25, 0.3) is 6.08 Å². The van der Waals surface area contributed by atoms with Crippen LogP contribution < -0.4 is 4.74 Å². The van der Waals surface area contributed by atoms with Crippen LogP contribution in [0.2, 0.25) is 5.02 Å². The van der Waals surface area contributed by atoms with Gasteiger partial charge < -0.3 is 9.15 Å². The Bertz CT molecular complexity index is 946. The van der Waals surface area contributed by atoms with E-state index in [1.54, 1.807) is 36.1 Å². The lowest BCUT2D eigenvalue weighted by molar-refractivity contribution is 0.104. The minimum absolute atomic E-state index is 0.174. The molecular weight excluding hydrogens is 352 g/mol. The zero-order valence-corrected chi connectivity index (χ0v) is 15.6. The maximum atomic E-state index is 12.0. The SMILES string of the molecule is Cc1cc(OCc2ccc(/C=C/C(=O)c3ccn(C)n3)o2)cc(C)c1Cl. The molecular formula is C20H19ClN2O3. The van der Waals surface area contributed by atoms with E-state index in [9.17, 15) is 4.79 Å². The molecule has 0 aliphatic rings. The van der Waals surface area contributed by atoms with Crippen LogP contribution >= 0.6 is 11.6 Å². The fourth-order valence-corrected chi connectivity index (χ4v) is 2.60. The molecule has 0 amide bonds. The van der Waals surface area contributed by atoms with Gasteiger partial charge in [0.05, 0.1) is 0 Å². The average molecular weight is 371 g/mol. The van der Waals surface area contributed by atoms with Crippen molar-refractivity contribution in [1.29, 1.82) is 0 Å². The molecule has 0 radical (unpaired) electrons. The Labute approximate surface area is 156 Å². The van der Waals surface area contributed by atoms with Crippen molar-refractivity contribution >= 4 is 23.5 Å². The highest BCUT2D eigenvalue weighted by molar-refractivity contribution is 6.32. The summed E-state index contributed by atoms with van der Waals surface area (Å²) in [4.78, 5) is 12.0. The van der Waals surface area contributed by atoms with E-state index in [1.165, 1.54) is 6.08 Å². The zero-order chi connectivity index (χ0) is 18.7. The first-order valence-electron chi connectivity index (χ1n) is 8.12. The Morgan fingerprint density at radius 2 is 2.00 bits per heavy atom. The van der Waals surface area contributed by atoms with Crippen molar-refractivity contribution in [3.05, 3.63) is 76.0 Å². The third-order valence-corrected chi connectivity index (χ3v) is 4.43. The molecule has 0 unspecified atom stereocenters. The standard InChI is InChI=1S/C20H19ClN2O3/c1-13-10-17(11-14(2)20(13)21)25-12-16-5-4-15(26-16)6-7-19(24)18-8-9-23(3)22-18/h4-11H,12H2,1-3H3/b7-6+. The number of nitrogens with zero attached hydrogens (tertiary/aromatic N) is 2. The van der Waals surface area contributed by atoms with Crippen molar-refractivity contribution in [2.24, 2.45) is 7.05 Å². The largest absolute Gasteiger partial charge is 0.486 e. The first-order chi connectivity index (χ1) is 12.4. The molecule has 0 saturated carbocycles. The van der Waals surface area contributed by atoms with E-state index >= 15 is 0 Å². The highest BCUT2D eigenvalue weighted by Crippen LogP contribution is 2.26. The van der Waals surface area contributed by atoms with Crippen LogP contribution in [0.4, 0.5) is 0 Å². The molecule has 0 bridgehead atoms. The maximum absolute atomic E-state index is 12.0. The molecule has 0 spiro atoms. The van der Waals surface area contributed by atoms with Crippen molar-refractivity contribution in [3.63, 3.8) is 0 Å². The summed E-state index contributed by atoms with van der Waals surface area (Å²) in [7, 11) is 1.77. The number of carbonyl (C=O) groups is 1. The fraction of sp³-hybridized carbons (Fsp3) is 0.200. The lowest BCUT2D eigenvalue weighted by atomic mass is 10.1. The third-order valence-electron chi connectivity index (χ3n) is 3.84. The number of benzene rings is 1. The Hall–Kier alpha value is -2.79. The summed E-state index contributed by atoms with van der Waals surface area (Å²) in [6.07, 6.45) is 4.79. The number of halogens is 1. The van der Waals surface area contributed by atoms with Crippen LogP contribution in [-0.2, 0) is 13.7 Å². The van der Waals surface area contributed by atoms with Gasteiger partial charge in [0, 0.05) is 18.3 Å². The number of allylic oxidation sites excluding steroid dienone is 1. The number of hydrogen-bond acceptors (Lipinski definition) is 4. The third kappa shape index (κ3) is 4.24. The highest BCUT2D eigenvalue weighted by Gasteiger charge is 2.07. The van der Waals surface area contributed by atoms with Crippen molar-refractivity contribution < 1.29 is 13.9 Å². The van der Waals surface area contributed by atoms with E-state index < -0.39 is 0 Å². The van der Waals surface area contributed by atoms with Crippen LogP contribution in [0.3, 0.4) is 0 Å².